The van der Waals surface area contributed by atoms with E-state index in [0.29, 0.717) is 55.2 Å². The van der Waals surface area contributed by atoms with E-state index in [0.717, 1.165) is 16.8 Å². The SMILES string of the molecule is CC(C)COCC(O)CN(Cc1cccc(Cl)c1)CC1CC(c2ccc(Cl)cc2)=NO1. The first-order chi connectivity index (χ1) is 14.9. The lowest BCUT2D eigenvalue weighted by Crippen LogP contribution is -2.39. The van der Waals surface area contributed by atoms with Gasteiger partial charge in [-0.3, -0.25) is 4.90 Å². The summed E-state index contributed by atoms with van der Waals surface area (Å²) in [5.74, 6) is 0.435. The predicted octanol–water partition coefficient (Wildman–Crippen LogP) is 5.02. The molecule has 3 rings (SSSR count). The van der Waals surface area contributed by atoms with Crippen molar-refractivity contribution in [2.75, 3.05) is 26.3 Å². The zero-order valence-corrected chi connectivity index (χ0v) is 19.5. The summed E-state index contributed by atoms with van der Waals surface area (Å²) in [4.78, 5) is 7.88. The Bertz CT molecular complexity index is 858. The number of benzene rings is 2. The Morgan fingerprint density at radius 2 is 1.90 bits per heavy atom. The van der Waals surface area contributed by atoms with Crippen LogP contribution in [0.1, 0.15) is 31.4 Å². The third-order valence-corrected chi connectivity index (χ3v) is 5.38. The highest BCUT2D eigenvalue weighted by molar-refractivity contribution is 6.31. The van der Waals surface area contributed by atoms with E-state index in [9.17, 15) is 5.11 Å². The molecule has 1 N–H and O–H groups in total. The van der Waals surface area contributed by atoms with Gasteiger partial charge in [-0.1, -0.05) is 66.5 Å². The van der Waals surface area contributed by atoms with E-state index in [4.69, 9.17) is 32.8 Å². The van der Waals surface area contributed by atoms with Crippen LogP contribution in [0.4, 0.5) is 0 Å². The van der Waals surface area contributed by atoms with E-state index in [1.165, 1.54) is 0 Å². The number of hydrogen-bond acceptors (Lipinski definition) is 5. The molecule has 0 amide bonds. The van der Waals surface area contributed by atoms with Crippen molar-refractivity contribution in [1.82, 2.24) is 4.90 Å². The van der Waals surface area contributed by atoms with Crippen LogP contribution in [0.3, 0.4) is 0 Å². The van der Waals surface area contributed by atoms with Crippen LogP contribution in [0.25, 0.3) is 0 Å². The quantitative estimate of drug-likeness (QED) is 0.506. The molecule has 2 atom stereocenters. The lowest BCUT2D eigenvalue weighted by molar-refractivity contribution is -0.00734. The summed E-state index contributed by atoms with van der Waals surface area (Å²) >= 11 is 12.1. The fourth-order valence-corrected chi connectivity index (χ4v) is 3.85. The zero-order valence-electron chi connectivity index (χ0n) is 18.0. The molecule has 2 unspecified atom stereocenters. The molecule has 5 nitrogen and oxygen atoms in total. The van der Waals surface area contributed by atoms with Crippen LogP contribution in [0.15, 0.2) is 53.7 Å². The summed E-state index contributed by atoms with van der Waals surface area (Å²) in [5.41, 5.74) is 3.00. The highest BCUT2D eigenvalue weighted by Crippen LogP contribution is 2.21. The molecule has 0 bridgehead atoms. The first kappa shape index (κ1) is 24.0. The molecular weight excluding hydrogens is 435 g/mol. The number of rotatable bonds is 11. The number of aliphatic hydroxyl groups is 1. The third-order valence-electron chi connectivity index (χ3n) is 4.90. The van der Waals surface area contributed by atoms with Crippen molar-refractivity contribution in [3.8, 4) is 0 Å². The second-order valence-electron chi connectivity index (χ2n) is 8.39. The van der Waals surface area contributed by atoms with Gasteiger partial charge in [0.2, 0.25) is 0 Å². The highest BCUT2D eigenvalue weighted by Gasteiger charge is 2.26. The van der Waals surface area contributed by atoms with Gasteiger partial charge >= 0.3 is 0 Å². The van der Waals surface area contributed by atoms with E-state index in [1.807, 2.05) is 48.5 Å². The molecule has 168 valence electrons. The Hall–Kier alpha value is -1.63. The number of nitrogens with zero attached hydrogens (tertiary/aromatic N) is 2. The van der Waals surface area contributed by atoms with Crippen molar-refractivity contribution in [2.45, 2.75) is 39.0 Å². The van der Waals surface area contributed by atoms with Gasteiger partial charge in [-0.15, -0.1) is 0 Å². The van der Waals surface area contributed by atoms with Gasteiger partial charge in [0.05, 0.1) is 18.4 Å². The molecule has 7 heteroatoms. The van der Waals surface area contributed by atoms with E-state index in [2.05, 4.69) is 23.9 Å². The van der Waals surface area contributed by atoms with Crippen LogP contribution < -0.4 is 0 Å². The van der Waals surface area contributed by atoms with Gasteiger partial charge < -0.3 is 14.7 Å². The van der Waals surface area contributed by atoms with Gasteiger partial charge in [0.1, 0.15) is 6.10 Å². The second kappa shape index (κ2) is 11.8. The Labute approximate surface area is 194 Å². The summed E-state index contributed by atoms with van der Waals surface area (Å²) in [6.45, 7) is 6.88. The molecule has 0 saturated heterocycles. The molecule has 1 aliphatic rings. The van der Waals surface area contributed by atoms with Crippen molar-refractivity contribution in [1.29, 1.82) is 0 Å². The van der Waals surface area contributed by atoms with Gasteiger partial charge in [-0.2, -0.15) is 0 Å². The summed E-state index contributed by atoms with van der Waals surface area (Å²) in [6, 6.07) is 15.4. The van der Waals surface area contributed by atoms with Crippen molar-refractivity contribution in [3.63, 3.8) is 0 Å². The molecule has 0 spiro atoms. The Morgan fingerprint density at radius 3 is 2.61 bits per heavy atom. The number of aliphatic hydroxyl groups excluding tert-OH is 1. The molecule has 0 aromatic heterocycles. The predicted molar refractivity (Wildman–Crippen MR) is 126 cm³/mol. The summed E-state index contributed by atoms with van der Waals surface area (Å²) in [5, 5.41) is 16.2. The smallest absolute Gasteiger partial charge is 0.145 e. The Morgan fingerprint density at radius 1 is 1.13 bits per heavy atom. The lowest BCUT2D eigenvalue weighted by atomic mass is 10.0. The summed E-state index contributed by atoms with van der Waals surface area (Å²) in [6.07, 6.45) is 0.0257. The van der Waals surface area contributed by atoms with Crippen LogP contribution in [-0.2, 0) is 16.1 Å². The monoisotopic (exact) mass is 464 g/mol. The van der Waals surface area contributed by atoms with Gasteiger partial charge in [-0.05, 0) is 41.3 Å². The van der Waals surface area contributed by atoms with Gasteiger partial charge in [-0.25, -0.2) is 0 Å². The number of hydrogen-bond donors (Lipinski definition) is 1. The first-order valence-corrected chi connectivity index (χ1v) is 11.4. The molecule has 0 fully saturated rings. The second-order valence-corrected chi connectivity index (χ2v) is 9.26. The fourth-order valence-electron chi connectivity index (χ4n) is 3.51. The average Bonchev–Trinajstić information content (AvgIpc) is 3.16. The first-order valence-electron chi connectivity index (χ1n) is 10.6. The number of halogens is 2. The largest absolute Gasteiger partial charge is 0.390 e. The Kier molecular flexibility index (Phi) is 9.17. The maximum Gasteiger partial charge on any atom is 0.145 e. The van der Waals surface area contributed by atoms with Crippen molar-refractivity contribution >= 4 is 28.9 Å². The standard InChI is InChI=1S/C24H30Cl2N2O3/c1-17(2)15-30-16-22(29)13-28(12-18-4-3-5-21(26)10-18)14-23-11-24(27-31-23)19-6-8-20(25)9-7-19/h3-10,17,22-23,29H,11-16H2,1-2H3. The fraction of sp³-hybridized carbons (Fsp3) is 0.458. The summed E-state index contributed by atoms with van der Waals surface area (Å²) in [7, 11) is 0. The van der Waals surface area contributed by atoms with E-state index in [1.54, 1.807) is 0 Å². The molecule has 0 radical (unpaired) electrons. The minimum absolute atomic E-state index is 0.0892. The van der Waals surface area contributed by atoms with Gasteiger partial charge in [0.15, 0.2) is 0 Å². The van der Waals surface area contributed by atoms with Crippen LogP contribution in [0.5, 0.6) is 0 Å². The van der Waals surface area contributed by atoms with E-state index in [-0.39, 0.29) is 6.10 Å². The topological polar surface area (TPSA) is 54.3 Å². The van der Waals surface area contributed by atoms with Crippen LogP contribution in [-0.4, -0.2) is 54.2 Å². The molecule has 31 heavy (non-hydrogen) atoms. The van der Waals surface area contributed by atoms with Crippen LogP contribution >= 0.6 is 23.2 Å². The highest BCUT2D eigenvalue weighted by atomic mass is 35.5. The maximum atomic E-state index is 10.5. The molecule has 0 aliphatic carbocycles. The van der Waals surface area contributed by atoms with E-state index < -0.39 is 6.10 Å². The van der Waals surface area contributed by atoms with Gasteiger partial charge in [0, 0.05) is 42.7 Å². The zero-order chi connectivity index (χ0) is 22.2. The molecule has 2 aromatic carbocycles. The number of oxime groups is 1. The van der Waals surface area contributed by atoms with Crippen LogP contribution in [0.2, 0.25) is 10.0 Å². The Balaban J connectivity index is 1.60. The molecule has 1 heterocycles. The maximum absolute atomic E-state index is 10.5. The van der Waals surface area contributed by atoms with Crippen LogP contribution in [0, 0.1) is 5.92 Å². The van der Waals surface area contributed by atoms with E-state index >= 15 is 0 Å². The molecular formula is C24H30Cl2N2O3. The van der Waals surface area contributed by atoms with Crippen molar-refractivity contribution in [3.05, 3.63) is 69.7 Å². The normalized spacial score (nSPS) is 17.1. The minimum Gasteiger partial charge on any atom is -0.390 e. The molecule has 2 aromatic rings. The number of ether oxygens (including phenoxy) is 1. The van der Waals surface area contributed by atoms with Crippen molar-refractivity contribution in [2.24, 2.45) is 11.1 Å². The molecule has 1 aliphatic heterocycles. The summed E-state index contributed by atoms with van der Waals surface area (Å²) < 4.78 is 5.62. The third kappa shape index (κ3) is 8.09. The van der Waals surface area contributed by atoms with Gasteiger partial charge in [0.25, 0.3) is 0 Å². The average molecular weight is 465 g/mol. The lowest BCUT2D eigenvalue weighted by Gasteiger charge is -2.27. The minimum atomic E-state index is -0.587. The molecule has 0 saturated carbocycles. The van der Waals surface area contributed by atoms with Crippen molar-refractivity contribution < 1.29 is 14.7 Å².